The van der Waals surface area contributed by atoms with E-state index in [1.807, 2.05) is 26.0 Å². The van der Waals surface area contributed by atoms with Crippen LogP contribution in [0.25, 0.3) is 10.6 Å². The molecule has 2 aromatic rings. The van der Waals surface area contributed by atoms with Gasteiger partial charge < -0.3 is 11.1 Å². The normalized spacial score (nSPS) is 12.5. The lowest BCUT2D eigenvalue weighted by Gasteiger charge is -2.09. The van der Waals surface area contributed by atoms with Crippen molar-refractivity contribution in [3.63, 3.8) is 0 Å². The Kier molecular flexibility index (Phi) is 7.36. The third kappa shape index (κ3) is 5.82. The highest BCUT2D eigenvalue weighted by atomic mass is 35.5. The van der Waals surface area contributed by atoms with E-state index in [2.05, 4.69) is 10.3 Å². The standard InChI is InChI=1S/C14H19N3O3S3.ClH/c1-8-4-5-11(21-8)12-9(2)22-14(16-12)17-13(18)10(15)6-7-23(3,19)20;/h4-5,10H,6-7,15H2,1-3H3,(H,16,17,18);1H. The van der Waals surface area contributed by atoms with Crippen molar-refractivity contribution in [2.45, 2.75) is 26.3 Å². The van der Waals surface area contributed by atoms with Crippen LogP contribution < -0.4 is 11.1 Å². The van der Waals surface area contributed by atoms with Crippen LogP contribution in [0.15, 0.2) is 12.1 Å². The van der Waals surface area contributed by atoms with Crippen LogP contribution >= 0.6 is 35.1 Å². The van der Waals surface area contributed by atoms with Crippen molar-refractivity contribution >= 4 is 56.0 Å². The number of nitrogens with two attached hydrogens (primary N) is 1. The first-order valence-corrected chi connectivity index (χ1v) is 10.6. The number of hydrogen-bond donors (Lipinski definition) is 2. The lowest BCUT2D eigenvalue weighted by Crippen LogP contribution is -2.37. The van der Waals surface area contributed by atoms with Gasteiger partial charge in [0.15, 0.2) is 5.13 Å². The van der Waals surface area contributed by atoms with Crippen LogP contribution in [0.4, 0.5) is 5.13 Å². The van der Waals surface area contributed by atoms with Gasteiger partial charge in [0, 0.05) is 16.0 Å². The second-order valence-electron chi connectivity index (χ2n) is 5.35. The molecule has 0 fully saturated rings. The predicted octanol–water partition coefficient (Wildman–Crippen LogP) is 2.61. The molecule has 2 aromatic heterocycles. The molecule has 0 bridgehead atoms. The van der Waals surface area contributed by atoms with Gasteiger partial charge in [-0.1, -0.05) is 0 Å². The fourth-order valence-corrected chi connectivity index (χ4v) is 4.40. The molecule has 10 heteroatoms. The van der Waals surface area contributed by atoms with Crippen LogP contribution in [0.1, 0.15) is 16.2 Å². The molecule has 6 nitrogen and oxygen atoms in total. The number of aromatic nitrogens is 1. The van der Waals surface area contributed by atoms with Crippen molar-refractivity contribution in [1.82, 2.24) is 4.98 Å². The van der Waals surface area contributed by atoms with Gasteiger partial charge in [0.1, 0.15) is 9.84 Å². The van der Waals surface area contributed by atoms with E-state index in [0.29, 0.717) is 5.13 Å². The molecule has 0 aliphatic rings. The van der Waals surface area contributed by atoms with Crippen molar-refractivity contribution in [1.29, 1.82) is 0 Å². The Labute approximate surface area is 155 Å². The summed E-state index contributed by atoms with van der Waals surface area (Å²) < 4.78 is 22.3. The number of carbonyl (C=O) groups is 1. The van der Waals surface area contributed by atoms with Crippen LogP contribution in [-0.4, -0.2) is 37.4 Å². The molecular formula is C14H20ClN3O3S3. The lowest BCUT2D eigenvalue weighted by atomic mass is 10.2. The second kappa shape index (κ2) is 8.39. The minimum Gasteiger partial charge on any atom is -0.320 e. The van der Waals surface area contributed by atoms with Gasteiger partial charge in [-0.3, -0.25) is 4.79 Å². The van der Waals surface area contributed by atoms with Gasteiger partial charge in [-0.05, 0) is 32.4 Å². The molecule has 2 heterocycles. The number of aryl methyl sites for hydroxylation is 2. The van der Waals surface area contributed by atoms with Crippen LogP contribution in [0.5, 0.6) is 0 Å². The maximum Gasteiger partial charge on any atom is 0.243 e. The largest absolute Gasteiger partial charge is 0.320 e. The number of hydrogen-bond acceptors (Lipinski definition) is 7. The van der Waals surface area contributed by atoms with Crippen molar-refractivity contribution in [3.05, 3.63) is 21.9 Å². The Morgan fingerprint density at radius 1 is 1.33 bits per heavy atom. The summed E-state index contributed by atoms with van der Waals surface area (Å²) in [6.07, 6.45) is 1.21. The lowest BCUT2D eigenvalue weighted by molar-refractivity contribution is -0.117. The summed E-state index contributed by atoms with van der Waals surface area (Å²) >= 11 is 3.02. The summed E-state index contributed by atoms with van der Waals surface area (Å²) in [7, 11) is -3.13. The molecule has 0 saturated carbocycles. The number of anilines is 1. The minimum atomic E-state index is -3.13. The van der Waals surface area contributed by atoms with Crippen LogP contribution in [0.2, 0.25) is 0 Å². The van der Waals surface area contributed by atoms with Gasteiger partial charge in [0.25, 0.3) is 0 Å². The number of thiophene rings is 1. The average molecular weight is 410 g/mol. The van der Waals surface area contributed by atoms with Gasteiger partial charge in [0.2, 0.25) is 5.91 Å². The number of carbonyl (C=O) groups excluding carboxylic acids is 1. The van der Waals surface area contributed by atoms with E-state index in [-0.39, 0.29) is 24.6 Å². The Hall–Kier alpha value is -1.00. The summed E-state index contributed by atoms with van der Waals surface area (Å²) in [6.45, 7) is 3.97. The number of sulfone groups is 1. The molecule has 0 saturated heterocycles. The van der Waals surface area contributed by atoms with Gasteiger partial charge in [0.05, 0.1) is 22.4 Å². The maximum absolute atomic E-state index is 12.0. The number of thiazole rings is 1. The topological polar surface area (TPSA) is 102 Å². The van der Waals surface area contributed by atoms with Crippen molar-refractivity contribution < 1.29 is 13.2 Å². The highest BCUT2D eigenvalue weighted by molar-refractivity contribution is 7.90. The van der Waals surface area contributed by atoms with Crippen molar-refractivity contribution in [2.75, 3.05) is 17.3 Å². The summed E-state index contributed by atoms with van der Waals surface area (Å²) in [5.74, 6) is -0.533. The fraction of sp³-hybridized carbons (Fsp3) is 0.429. The number of nitrogens with zero attached hydrogens (tertiary/aromatic N) is 1. The van der Waals surface area contributed by atoms with Crippen LogP contribution in [-0.2, 0) is 14.6 Å². The number of rotatable bonds is 6. The Morgan fingerprint density at radius 3 is 2.54 bits per heavy atom. The molecule has 0 aromatic carbocycles. The molecule has 3 N–H and O–H groups in total. The average Bonchev–Trinajstić information content (AvgIpc) is 3.01. The highest BCUT2D eigenvalue weighted by Gasteiger charge is 2.19. The van der Waals surface area contributed by atoms with E-state index >= 15 is 0 Å². The summed E-state index contributed by atoms with van der Waals surface area (Å²) in [4.78, 5) is 19.7. The van der Waals surface area contributed by atoms with Gasteiger partial charge in [-0.2, -0.15) is 0 Å². The van der Waals surface area contributed by atoms with Crippen molar-refractivity contribution in [3.8, 4) is 10.6 Å². The molecule has 134 valence electrons. The molecule has 1 atom stereocenters. The first-order chi connectivity index (χ1) is 10.7. The molecular weight excluding hydrogens is 390 g/mol. The molecule has 0 radical (unpaired) electrons. The molecule has 0 spiro atoms. The van der Waals surface area contributed by atoms with E-state index in [4.69, 9.17) is 5.73 Å². The molecule has 1 amide bonds. The Balaban J connectivity index is 0.00000288. The van der Waals surface area contributed by atoms with E-state index in [9.17, 15) is 13.2 Å². The van der Waals surface area contributed by atoms with Crippen LogP contribution in [0.3, 0.4) is 0 Å². The van der Waals surface area contributed by atoms with E-state index in [1.54, 1.807) is 11.3 Å². The highest BCUT2D eigenvalue weighted by Crippen LogP contribution is 2.34. The number of halogens is 1. The Morgan fingerprint density at radius 2 is 2.00 bits per heavy atom. The first-order valence-electron chi connectivity index (χ1n) is 6.94. The smallest absolute Gasteiger partial charge is 0.243 e. The zero-order valence-electron chi connectivity index (χ0n) is 13.5. The Bertz CT molecular complexity index is 814. The van der Waals surface area contributed by atoms with Gasteiger partial charge >= 0.3 is 0 Å². The zero-order chi connectivity index (χ0) is 17.2. The maximum atomic E-state index is 12.0. The van der Waals surface area contributed by atoms with E-state index in [1.165, 1.54) is 16.2 Å². The third-order valence-corrected chi connectivity index (χ3v) is 6.01. The summed E-state index contributed by atoms with van der Waals surface area (Å²) in [5.41, 5.74) is 6.59. The van der Waals surface area contributed by atoms with E-state index < -0.39 is 21.8 Å². The van der Waals surface area contributed by atoms with Gasteiger partial charge in [-0.15, -0.1) is 35.1 Å². The van der Waals surface area contributed by atoms with Crippen molar-refractivity contribution in [2.24, 2.45) is 5.73 Å². The number of amides is 1. The minimum absolute atomic E-state index is 0. The summed E-state index contributed by atoms with van der Waals surface area (Å²) in [6, 6.07) is 3.16. The third-order valence-electron chi connectivity index (χ3n) is 3.14. The SMILES string of the molecule is Cc1ccc(-c2nc(NC(=O)C(N)CCS(C)(=O)=O)sc2C)s1.Cl. The summed E-state index contributed by atoms with van der Waals surface area (Å²) in [5, 5.41) is 3.14. The molecule has 0 aliphatic heterocycles. The zero-order valence-corrected chi connectivity index (χ0v) is 16.8. The molecule has 0 aliphatic carbocycles. The predicted molar refractivity (Wildman–Crippen MR) is 103 cm³/mol. The number of nitrogens with one attached hydrogen (secondary N) is 1. The first kappa shape index (κ1) is 21.0. The quantitative estimate of drug-likeness (QED) is 0.763. The second-order valence-corrected chi connectivity index (χ2v) is 10.1. The van der Waals surface area contributed by atoms with E-state index in [0.717, 1.165) is 21.7 Å². The fourth-order valence-electron chi connectivity index (χ4n) is 1.91. The van der Waals surface area contributed by atoms with Gasteiger partial charge in [-0.25, -0.2) is 13.4 Å². The monoisotopic (exact) mass is 409 g/mol. The molecule has 24 heavy (non-hydrogen) atoms. The molecule has 2 rings (SSSR count). The molecule has 1 unspecified atom stereocenters. The van der Waals surface area contributed by atoms with Crippen LogP contribution in [0, 0.1) is 13.8 Å².